The molecule has 2 aliphatic rings. The molecule has 2 unspecified atom stereocenters. The minimum absolute atomic E-state index is 0.209. The number of carbonyl (C=O) groups excluding carboxylic acids is 1. The van der Waals surface area contributed by atoms with Crippen molar-refractivity contribution < 1.29 is 23.1 Å². The molecule has 1 N–H and O–H groups in total. The van der Waals surface area contributed by atoms with Crippen LogP contribution in [0.2, 0.25) is 0 Å². The molecular formula is C21H22F3N5O2. The summed E-state index contributed by atoms with van der Waals surface area (Å²) in [6.07, 6.45) is 2.98. The number of fused-ring (bicyclic) bond motifs is 3. The molecule has 0 spiro atoms. The first-order chi connectivity index (χ1) is 14.6. The van der Waals surface area contributed by atoms with Gasteiger partial charge in [0, 0.05) is 43.0 Å². The average Bonchev–Trinajstić information content (AvgIpc) is 3.36. The van der Waals surface area contributed by atoms with E-state index in [4.69, 9.17) is 0 Å². The van der Waals surface area contributed by atoms with E-state index >= 15 is 0 Å². The summed E-state index contributed by atoms with van der Waals surface area (Å²) in [6, 6.07) is 4.22. The number of amides is 1. The monoisotopic (exact) mass is 433 g/mol. The van der Waals surface area contributed by atoms with Crippen LogP contribution < -0.4 is 0 Å². The topological polar surface area (TPSA) is 76.2 Å². The van der Waals surface area contributed by atoms with E-state index in [2.05, 4.69) is 10.1 Å². The maximum absolute atomic E-state index is 13.1. The number of aliphatic hydroxyl groups is 1. The summed E-state index contributed by atoms with van der Waals surface area (Å²) in [4.78, 5) is 18.8. The zero-order valence-electron chi connectivity index (χ0n) is 16.9. The van der Waals surface area contributed by atoms with Gasteiger partial charge in [-0.25, -0.2) is 0 Å². The number of hydrogen-bond donors (Lipinski definition) is 1. The van der Waals surface area contributed by atoms with Gasteiger partial charge in [0.25, 0.3) is 5.91 Å². The molecule has 164 valence electrons. The fraction of sp³-hybridized carbons (Fsp3) is 0.476. The third-order valence-electron chi connectivity index (χ3n) is 6.52. The molecule has 2 bridgehead atoms. The molecule has 7 nitrogen and oxygen atoms in total. The van der Waals surface area contributed by atoms with Gasteiger partial charge in [0.15, 0.2) is 5.69 Å². The Bertz CT molecular complexity index is 1140. The fourth-order valence-corrected chi connectivity index (χ4v) is 5.24. The minimum atomic E-state index is -4.57. The summed E-state index contributed by atoms with van der Waals surface area (Å²) in [7, 11) is 1.18. The number of aromatic nitrogens is 4. The Labute approximate surface area is 176 Å². The Morgan fingerprint density at radius 3 is 2.61 bits per heavy atom. The van der Waals surface area contributed by atoms with Crippen LogP contribution in [0.25, 0.3) is 10.9 Å². The number of nitrogens with zero attached hydrogens (tertiary/aromatic N) is 5. The quantitative estimate of drug-likeness (QED) is 0.689. The number of rotatable bonds is 3. The molecule has 0 radical (unpaired) electrons. The van der Waals surface area contributed by atoms with Crippen LogP contribution in [0.3, 0.4) is 0 Å². The highest BCUT2D eigenvalue weighted by Gasteiger charge is 2.50. The van der Waals surface area contributed by atoms with E-state index < -0.39 is 23.4 Å². The predicted octanol–water partition coefficient (Wildman–Crippen LogP) is 2.99. The van der Waals surface area contributed by atoms with Crippen LogP contribution >= 0.6 is 0 Å². The lowest BCUT2D eigenvalue weighted by molar-refractivity contribution is -0.143. The number of alkyl halides is 3. The second-order valence-electron chi connectivity index (χ2n) is 8.64. The lowest BCUT2D eigenvalue weighted by Crippen LogP contribution is -2.54. The fourth-order valence-electron chi connectivity index (χ4n) is 5.24. The van der Waals surface area contributed by atoms with Crippen LogP contribution in [0.1, 0.15) is 41.9 Å². The maximum Gasteiger partial charge on any atom is 0.433 e. The second kappa shape index (κ2) is 6.81. The van der Waals surface area contributed by atoms with E-state index in [1.807, 2.05) is 22.9 Å². The number of halogens is 3. The number of hydrogen-bond acceptors (Lipinski definition) is 4. The van der Waals surface area contributed by atoms with E-state index in [0.29, 0.717) is 36.9 Å². The van der Waals surface area contributed by atoms with Crippen LogP contribution in [0.5, 0.6) is 0 Å². The molecule has 1 amide bonds. The van der Waals surface area contributed by atoms with E-state index in [-0.39, 0.29) is 17.8 Å². The smallest absolute Gasteiger partial charge is 0.388 e. The Hall–Kier alpha value is -2.88. The van der Waals surface area contributed by atoms with Gasteiger partial charge in [-0.3, -0.25) is 14.5 Å². The molecule has 0 aromatic carbocycles. The summed E-state index contributed by atoms with van der Waals surface area (Å²) in [5, 5.41) is 16.2. The molecule has 31 heavy (non-hydrogen) atoms. The highest BCUT2D eigenvalue weighted by atomic mass is 19.4. The van der Waals surface area contributed by atoms with Crippen molar-refractivity contribution in [1.29, 1.82) is 0 Å². The van der Waals surface area contributed by atoms with Crippen LogP contribution in [0, 0.1) is 0 Å². The van der Waals surface area contributed by atoms with Crippen molar-refractivity contribution in [2.45, 2.75) is 56.1 Å². The number of pyridine rings is 1. The molecule has 2 fully saturated rings. The van der Waals surface area contributed by atoms with Crippen molar-refractivity contribution >= 4 is 16.8 Å². The zero-order chi connectivity index (χ0) is 22.0. The molecule has 0 aliphatic carbocycles. The first-order valence-electron chi connectivity index (χ1n) is 10.2. The zero-order valence-corrected chi connectivity index (χ0v) is 16.9. The largest absolute Gasteiger partial charge is 0.433 e. The average molecular weight is 433 g/mol. The number of aryl methyl sites for hydroxylation is 1. The van der Waals surface area contributed by atoms with Crippen LogP contribution in [-0.2, 0) is 19.8 Å². The molecule has 2 aliphatic heterocycles. The highest BCUT2D eigenvalue weighted by Crippen LogP contribution is 2.43. The van der Waals surface area contributed by atoms with Gasteiger partial charge < -0.3 is 14.6 Å². The molecule has 5 heterocycles. The Morgan fingerprint density at radius 2 is 1.97 bits per heavy atom. The van der Waals surface area contributed by atoms with Crippen molar-refractivity contribution in [2.75, 3.05) is 0 Å². The first-order valence-corrected chi connectivity index (χ1v) is 10.2. The molecule has 0 saturated carbocycles. The maximum atomic E-state index is 13.1. The van der Waals surface area contributed by atoms with Crippen molar-refractivity contribution in [1.82, 2.24) is 24.2 Å². The van der Waals surface area contributed by atoms with Crippen LogP contribution in [-0.4, -0.2) is 52.9 Å². The molecule has 3 aromatic rings. The van der Waals surface area contributed by atoms with Gasteiger partial charge in [0.2, 0.25) is 0 Å². The van der Waals surface area contributed by atoms with Crippen molar-refractivity contribution in [3.63, 3.8) is 0 Å². The predicted molar refractivity (Wildman–Crippen MR) is 105 cm³/mol. The first kappa shape index (κ1) is 20.0. The van der Waals surface area contributed by atoms with Crippen LogP contribution in [0.4, 0.5) is 13.2 Å². The lowest BCUT2D eigenvalue weighted by Gasteiger charge is -2.43. The molecule has 10 heteroatoms. The van der Waals surface area contributed by atoms with Gasteiger partial charge >= 0.3 is 6.18 Å². The lowest BCUT2D eigenvalue weighted by atomic mass is 9.85. The summed E-state index contributed by atoms with van der Waals surface area (Å²) >= 11 is 0. The summed E-state index contributed by atoms with van der Waals surface area (Å²) in [6.45, 7) is 0.374. The highest BCUT2D eigenvalue weighted by molar-refractivity contribution is 5.93. The van der Waals surface area contributed by atoms with Gasteiger partial charge in [-0.1, -0.05) is 0 Å². The van der Waals surface area contributed by atoms with Crippen molar-refractivity contribution in [2.24, 2.45) is 7.05 Å². The molecule has 2 atom stereocenters. The van der Waals surface area contributed by atoms with E-state index in [0.717, 1.165) is 17.0 Å². The molecule has 3 aromatic heterocycles. The molecular weight excluding hydrogens is 411 g/mol. The third-order valence-corrected chi connectivity index (χ3v) is 6.52. The van der Waals surface area contributed by atoms with Gasteiger partial charge in [-0.15, -0.1) is 0 Å². The standard InChI is InChI=1S/C21H22F3N5O2/c1-27-18(21(22,23)24)8-16(26-27)19(30)29-14-2-3-15(29)10-20(31,9-14)12-28-7-5-13-4-6-25-11-17(13)28/h4-8,11,14-15,31H,2-3,9-10,12H2,1H3. The summed E-state index contributed by atoms with van der Waals surface area (Å²) in [5.41, 5.74) is -1.24. The van der Waals surface area contributed by atoms with E-state index in [9.17, 15) is 23.1 Å². The van der Waals surface area contributed by atoms with E-state index in [1.54, 1.807) is 17.3 Å². The van der Waals surface area contributed by atoms with Crippen molar-refractivity contribution in [3.05, 3.63) is 48.2 Å². The second-order valence-corrected chi connectivity index (χ2v) is 8.64. The molecule has 2 saturated heterocycles. The summed E-state index contributed by atoms with van der Waals surface area (Å²) < 4.78 is 42.0. The third kappa shape index (κ3) is 3.38. The van der Waals surface area contributed by atoms with Gasteiger partial charge in [0.1, 0.15) is 5.69 Å². The van der Waals surface area contributed by atoms with Gasteiger partial charge in [-0.05, 0) is 37.8 Å². The Balaban J connectivity index is 1.37. The Morgan fingerprint density at radius 1 is 1.26 bits per heavy atom. The normalized spacial score (nSPS) is 26.0. The Kier molecular flexibility index (Phi) is 4.40. The van der Waals surface area contributed by atoms with Gasteiger partial charge in [-0.2, -0.15) is 18.3 Å². The van der Waals surface area contributed by atoms with Crippen molar-refractivity contribution in [3.8, 4) is 0 Å². The van der Waals surface area contributed by atoms with Crippen LogP contribution in [0.15, 0.2) is 36.8 Å². The van der Waals surface area contributed by atoms with E-state index in [1.165, 1.54) is 7.05 Å². The molecule has 5 rings (SSSR count). The van der Waals surface area contributed by atoms with Gasteiger partial charge in [0.05, 0.1) is 23.9 Å². The number of carbonyl (C=O) groups is 1. The SMILES string of the molecule is Cn1nc(C(=O)N2C3CCC2CC(O)(Cn2ccc4ccncc42)C3)cc1C(F)(F)F. The number of piperidine rings is 1. The summed E-state index contributed by atoms with van der Waals surface area (Å²) in [5.74, 6) is -0.503. The minimum Gasteiger partial charge on any atom is -0.388 e.